The highest BCUT2D eigenvalue weighted by Crippen LogP contribution is 2.50. The first-order valence-corrected chi connectivity index (χ1v) is 11.8. The summed E-state index contributed by atoms with van der Waals surface area (Å²) >= 11 is 3.01. The van der Waals surface area contributed by atoms with Crippen LogP contribution in [0.3, 0.4) is 0 Å². The SMILES string of the molecule is C[C@@H](N=C1S/C(=C2\Sc3ccccc3N2C)C(=O)N1c1ccc(O)cc1)c1ccccc1. The fourth-order valence-corrected chi connectivity index (χ4v) is 6.10. The van der Waals surface area contributed by atoms with Crippen LogP contribution in [0.1, 0.15) is 18.5 Å². The van der Waals surface area contributed by atoms with Crippen molar-refractivity contribution in [3.05, 3.63) is 94.4 Å². The van der Waals surface area contributed by atoms with Crippen molar-refractivity contribution >= 4 is 46.0 Å². The van der Waals surface area contributed by atoms with Gasteiger partial charge in [-0.05, 0) is 60.6 Å². The van der Waals surface area contributed by atoms with E-state index in [2.05, 4.69) is 17.0 Å². The summed E-state index contributed by atoms with van der Waals surface area (Å²) in [6.45, 7) is 2.03. The third kappa shape index (κ3) is 3.67. The number of anilines is 2. The first kappa shape index (κ1) is 20.7. The smallest absolute Gasteiger partial charge is 0.274 e. The van der Waals surface area contributed by atoms with Gasteiger partial charge in [-0.1, -0.05) is 54.2 Å². The Balaban J connectivity index is 1.58. The van der Waals surface area contributed by atoms with E-state index in [1.165, 1.54) is 11.8 Å². The van der Waals surface area contributed by atoms with Crippen LogP contribution in [0, 0.1) is 0 Å². The lowest BCUT2D eigenvalue weighted by Crippen LogP contribution is -2.29. The van der Waals surface area contributed by atoms with E-state index in [-0.39, 0.29) is 17.7 Å². The Hall–Kier alpha value is -3.16. The molecular weight excluding hydrogens is 438 g/mol. The second-order valence-electron chi connectivity index (χ2n) is 7.52. The zero-order valence-corrected chi connectivity index (χ0v) is 19.2. The zero-order chi connectivity index (χ0) is 22.2. The second kappa shape index (κ2) is 8.41. The van der Waals surface area contributed by atoms with E-state index in [1.807, 2.05) is 56.4 Å². The van der Waals surface area contributed by atoms with Crippen LogP contribution in [-0.2, 0) is 4.79 Å². The van der Waals surface area contributed by atoms with Gasteiger partial charge < -0.3 is 10.0 Å². The number of aromatic hydroxyl groups is 1. The number of carbonyl (C=O) groups is 1. The lowest BCUT2D eigenvalue weighted by molar-refractivity contribution is -0.113. The van der Waals surface area contributed by atoms with Crippen molar-refractivity contribution < 1.29 is 9.90 Å². The number of aliphatic imine (C=N–C) groups is 1. The lowest BCUT2D eigenvalue weighted by atomic mass is 10.1. The Morgan fingerprint density at radius 3 is 2.31 bits per heavy atom. The number of nitrogens with zero attached hydrogens (tertiary/aromatic N) is 3. The number of carbonyl (C=O) groups excluding carboxylic acids is 1. The van der Waals surface area contributed by atoms with E-state index in [0.717, 1.165) is 21.2 Å². The summed E-state index contributed by atoms with van der Waals surface area (Å²) in [5.74, 6) is 0.0474. The molecule has 0 aliphatic carbocycles. The molecule has 1 atom stereocenters. The van der Waals surface area contributed by atoms with Crippen LogP contribution in [0.15, 0.2) is 98.7 Å². The van der Waals surface area contributed by atoms with Crippen LogP contribution in [0.2, 0.25) is 0 Å². The third-order valence-electron chi connectivity index (χ3n) is 5.41. The maximum absolute atomic E-state index is 13.7. The molecule has 2 aliphatic heterocycles. The van der Waals surface area contributed by atoms with Crippen molar-refractivity contribution in [2.75, 3.05) is 16.8 Å². The molecule has 0 spiro atoms. The molecule has 0 saturated carbocycles. The number of hydrogen-bond donors (Lipinski definition) is 1. The van der Waals surface area contributed by atoms with Crippen molar-refractivity contribution in [1.29, 1.82) is 0 Å². The van der Waals surface area contributed by atoms with Gasteiger partial charge in [0.25, 0.3) is 5.91 Å². The highest BCUT2D eigenvalue weighted by molar-refractivity contribution is 8.20. The Bertz CT molecular complexity index is 1240. The highest BCUT2D eigenvalue weighted by Gasteiger charge is 2.40. The summed E-state index contributed by atoms with van der Waals surface area (Å²) in [6, 6.07) is 24.7. The molecule has 1 N–H and O–H groups in total. The topological polar surface area (TPSA) is 56.1 Å². The number of hydrogen-bond acceptors (Lipinski definition) is 6. The van der Waals surface area contributed by atoms with Gasteiger partial charge >= 0.3 is 0 Å². The van der Waals surface area contributed by atoms with Crippen LogP contribution < -0.4 is 9.80 Å². The fraction of sp³-hybridized carbons (Fsp3) is 0.120. The monoisotopic (exact) mass is 459 g/mol. The molecule has 3 aromatic carbocycles. The van der Waals surface area contributed by atoms with Crippen LogP contribution >= 0.6 is 23.5 Å². The minimum absolute atomic E-state index is 0.109. The molecule has 0 bridgehead atoms. The second-order valence-corrected chi connectivity index (χ2v) is 9.53. The maximum Gasteiger partial charge on any atom is 0.274 e. The van der Waals surface area contributed by atoms with Gasteiger partial charge in [0.1, 0.15) is 10.7 Å². The van der Waals surface area contributed by atoms with E-state index in [9.17, 15) is 9.90 Å². The minimum Gasteiger partial charge on any atom is -0.508 e. The molecule has 2 heterocycles. The van der Waals surface area contributed by atoms with Crippen molar-refractivity contribution in [3.63, 3.8) is 0 Å². The van der Waals surface area contributed by atoms with Gasteiger partial charge in [-0.15, -0.1) is 0 Å². The molecule has 2 aliphatic rings. The van der Waals surface area contributed by atoms with E-state index in [0.29, 0.717) is 15.8 Å². The summed E-state index contributed by atoms with van der Waals surface area (Å²) in [4.78, 5) is 24.1. The Morgan fingerprint density at radius 1 is 0.906 bits per heavy atom. The summed E-state index contributed by atoms with van der Waals surface area (Å²) in [6.07, 6.45) is 0. The number of para-hydroxylation sites is 1. The fourth-order valence-electron chi connectivity index (χ4n) is 3.69. The molecule has 1 saturated heterocycles. The third-order valence-corrected chi connectivity index (χ3v) is 7.82. The van der Waals surface area contributed by atoms with Crippen molar-refractivity contribution in [2.24, 2.45) is 4.99 Å². The Morgan fingerprint density at radius 2 is 1.59 bits per heavy atom. The normalized spacial score (nSPS) is 20.2. The number of benzene rings is 3. The van der Waals surface area contributed by atoms with Gasteiger partial charge in [0.15, 0.2) is 5.17 Å². The molecule has 5 nitrogen and oxygen atoms in total. The number of phenols is 1. The summed E-state index contributed by atoms with van der Waals surface area (Å²) in [5.41, 5.74) is 2.85. The largest absolute Gasteiger partial charge is 0.508 e. The highest BCUT2D eigenvalue weighted by atomic mass is 32.2. The van der Waals surface area contributed by atoms with Gasteiger partial charge in [-0.25, -0.2) is 0 Å². The zero-order valence-electron chi connectivity index (χ0n) is 17.6. The van der Waals surface area contributed by atoms with Crippen LogP contribution in [-0.4, -0.2) is 23.2 Å². The summed E-state index contributed by atoms with van der Waals surface area (Å²) in [5, 5.41) is 11.3. The molecule has 32 heavy (non-hydrogen) atoms. The molecule has 1 fully saturated rings. The molecule has 3 aromatic rings. The number of rotatable bonds is 3. The summed E-state index contributed by atoms with van der Waals surface area (Å²) < 4.78 is 0. The van der Waals surface area contributed by atoms with Gasteiger partial charge in [-0.2, -0.15) is 0 Å². The molecule has 0 aromatic heterocycles. The molecular formula is C25H21N3O2S2. The van der Waals surface area contributed by atoms with Gasteiger partial charge in [0, 0.05) is 11.9 Å². The summed E-state index contributed by atoms with van der Waals surface area (Å²) in [7, 11) is 1.99. The Labute approximate surface area is 195 Å². The predicted molar refractivity (Wildman–Crippen MR) is 133 cm³/mol. The predicted octanol–water partition coefficient (Wildman–Crippen LogP) is 6.00. The molecule has 0 unspecified atom stereocenters. The molecule has 160 valence electrons. The van der Waals surface area contributed by atoms with Crippen LogP contribution in [0.4, 0.5) is 11.4 Å². The first-order valence-electron chi connectivity index (χ1n) is 10.2. The standard InChI is InChI=1S/C25H21N3O2S2/c1-16(17-8-4-3-5-9-17)26-25-28(18-12-14-19(29)15-13-18)23(30)22(32-25)24-27(2)20-10-6-7-11-21(20)31-24/h3-16,29H,1-2H3/b24-22-,26-25?/t16-/m1/s1. The van der Waals surface area contributed by atoms with Crippen LogP contribution in [0.25, 0.3) is 0 Å². The van der Waals surface area contributed by atoms with Crippen molar-refractivity contribution in [1.82, 2.24) is 0 Å². The quantitative estimate of drug-likeness (QED) is 0.487. The van der Waals surface area contributed by atoms with E-state index in [1.54, 1.807) is 40.9 Å². The average molecular weight is 460 g/mol. The first-order chi connectivity index (χ1) is 15.5. The van der Waals surface area contributed by atoms with Crippen molar-refractivity contribution in [3.8, 4) is 5.75 Å². The molecule has 5 rings (SSSR count). The average Bonchev–Trinajstić information content (AvgIpc) is 3.31. The molecule has 1 amide bonds. The number of fused-ring (bicyclic) bond motifs is 1. The maximum atomic E-state index is 13.7. The minimum atomic E-state index is -0.110. The Kier molecular flexibility index (Phi) is 5.45. The lowest BCUT2D eigenvalue weighted by Gasteiger charge is -2.18. The van der Waals surface area contributed by atoms with Gasteiger partial charge in [0.05, 0.1) is 22.4 Å². The van der Waals surface area contributed by atoms with Gasteiger partial charge in [0.2, 0.25) is 0 Å². The van der Waals surface area contributed by atoms with Gasteiger partial charge in [-0.3, -0.25) is 14.7 Å². The number of amides is 1. The van der Waals surface area contributed by atoms with E-state index in [4.69, 9.17) is 4.99 Å². The van der Waals surface area contributed by atoms with E-state index < -0.39 is 0 Å². The van der Waals surface area contributed by atoms with Crippen molar-refractivity contribution in [2.45, 2.75) is 17.9 Å². The number of phenolic OH excluding ortho intramolecular Hbond substituents is 1. The number of amidine groups is 1. The number of thioether (sulfide) groups is 2. The van der Waals surface area contributed by atoms with E-state index >= 15 is 0 Å². The molecule has 7 heteroatoms. The molecule has 0 radical (unpaired) electrons. The van der Waals surface area contributed by atoms with Crippen LogP contribution in [0.5, 0.6) is 5.75 Å².